The largest absolute Gasteiger partial charge is 0.333 e. The summed E-state index contributed by atoms with van der Waals surface area (Å²) in [6, 6.07) is 12.9. The summed E-state index contributed by atoms with van der Waals surface area (Å²) in [6.45, 7) is 1.22. The van der Waals surface area contributed by atoms with Crippen LogP contribution >= 0.6 is 11.6 Å². The zero-order chi connectivity index (χ0) is 16.4. The van der Waals surface area contributed by atoms with Crippen LogP contribution in [-0.2, 0) is 24.3 Å². The first-order chi connectivity index (χ1) is 11.1. The van der Waals surface area contributed by atoms with Crippen LogP contribution in [0.5, 0.6) is 0 Å². The lowest BCUT2D eigenvalue weighted by Gasteiger charge is -2.21. The van der Waals surface area contributed by atoms with Crippen LogP contribution in [0.15, 0.2) is 42.5 Å². The number of hydrogen-bond donors (Lipinski definition) is 1. The molecule has 23 heavy (non-hydrogen) atoms. The van der Waals surface area contributed by atoms with Crippen LogP contribution in [0.4, 0.5) is 0 Å². The number of fused-ring (bicyclic) bond motifs is 1. The highest BCUT2D eigenvalue weighted by molar-refractivity contribution is 6.32. The molecule has 116 valence electrons. The van der Waals surface area contributed by atoms with Crippen molar-refractivity contribution in [3.05, 3.63) is 69.7 Å². The molecule has 0 saturated heterocycles. The lowest BCUT2D eigenvalue weighted by Crippen LogP contribution is -2.42. The minimum Gasteiger partial charge on any atom is -0.333 e. The van der Waals surface area contributed by atoms with E-state index in [2.05, 4.69) is 5.92 Å². The van der Waals surface area contributed by atoms with E-state index >= 15 is 0 Å². The molecule has 1 unspecified atom stereocenters. The number of amides is 1. The van der Waals surface area contributed by atoms with Gasteiger partial charge in [-0.3, -0.25) is 4.79 Å². The molecule has 2 aromatic rings. The summed E-state index contributed by atoms with van der Waals surface area (Å²) in [5, 5.41) is 0.503. The first kappa shape index (κ1) is 15.6. The molecule has 2 aromatic carbocycles. The van der Waals surface area contributed by atoms with Crippen molar-refractivity contribution in [2.75, 3.05) is 0 Å². The Morgan fingerprint density at radius 1 is 1.22 bits per heavy atom. The van der Waals surface area contributed by atoms with Crippen LogP contribution in [0.25, 0.3) is 0 Å². The maximum absolute atomic E-state index is 12.6. The maximum Gasteiger partial charge on any atom is 0.240 e. The van der Waals surface area contributed by atoms with Crippen molar-refractivity contribution in [2.24, 2.45) is 5.73 Å². The van der Waals surface area contributed by atoms with E-state index < -0.39 is 6.04 Å². The van der Waals surface area contributed by atoms with Crippen molar-refractivity contribution in [2.45, 2.75) is 25.6 Å². The zero-order valence-electron chi connectivity index (χ0n) is 12.6. The fourth-order valence-electron chi connectivity index (χ4n) is 2.90. The Labute approximate surface area is 141 Å². The summed E-state index contributed by atoms with van der Waals surface area (Å²) in [5.74, 6) is 2.47. The van der Waals surface area contributed by atoms with E-state index in [-0.39, 0.29) is 5.91 Å². The molecule has 0 spiro atoms. The van der Waals surface area contributed by atoms with Crippen LogP contribution in [0.3, 0.4) is 0 Å². The SMILES string of the molecule is C#Cc1cccc(CC(N)C(=O)N2Cc3ccccc3C2)c1Cl. The first-order valence-corrected chi connectivity index (χ1v) is 7.83. The molecular weight excluding hydrogens is 308 g/mol. The fraction of sp³-hybridized carbons (Fsp3) is 0.211. The second kappa shape index (κ2) is 6.45. The molecule has 2 N–H and O–H groups in total. The molecule has 1 heterocycles. The summed E-state index contributed by atoms with van der Waals surface area (Å²) in [6.07, 6.45) is 5.79. The molecule has 3 nitrogen and oxygen atoms in total. The summed E-state index contributed by atoms with van der Waals surface area (Å²) < 4.78 is 0. The quantitative estimate of drug-likeness (QED) is 0.882. The average molecular weight is 325 g/mol. The van der Waals surface area contributed by atoms with Gasteiger partial charge >= 0.3 is 0 Å². The van der Waals surface area contributed by atoms with E-state index in [0.717, 1.165) is 5.56 Å². The highest BCUT2D eigenvalue weighted by Gasteiger charge is 2.27. The van der Waals surface area contributed by atoms with E-state index in [1.807, 2.05) is 36.4 Å². The maximum atomic E-state index is 12.6. The zero-order valence-corrected chi connectivity index (χ0v) is 13.4. The van der Waals surface area contributed by atoms with Crippen molar-refractivity contribution in [3.63, 3.8) is 0 Å². The van der Waals surface area contributed by atoms with Crippen molar-refractivity contribution in [1.29, 1.82) is 0 Å². The Hall–Kier alpha value is -2.28. The van der Waals surface area contributed by atoms with Gasteiger partial charge in [-0.15, -0.1) is 6.42 Å². The van der Waals surface area contributed by atoms with Gasteiger partial charge in [0.05, 0.1) is 11.1 Å². The van der Waals surface area contributed by atoms with Gasteiger partial charge in [0.2, 0.25) is 5.91 Å². The molecule has 4 heteroatoms. The molecule has 0 radical (unpaired) electrons. The predicted molar refractivity (Wildman–Crippen MR) is 91.8 cm³/mol. The molecule has 0 bridgehead atoms. The van der Waals surface area contributed by atoms with Crippen LogP contribution in [-0.4, -0.2) is 16.8 Å². The van der Waals surface area contributed by atoms with Crippen molar-refractivity contribution in [1.82, 2.24) is 4.90 Å². The molecule has 0 aliphatic carbocycles. The molecule has 0 aromatic heterocycles. The third kappa shape index (κ3) is 3.10. The number of carbonyl (C=O) groups excluding carboxylic acids is 1. The number of hydrogen-bond acceptors (Lipinski definition) is 2. The number of benzene rings is 2. The van der Waals surface area contributed by atoms with Gasteiger partial charge < -0.3 is 10.6 Å². The van der Waals surface area contributed by atoms with Gasteiger partial charge in [-0.1, -0.05) is 53.9 Å². The predicted octanol–water partition coefficient (Wildman–Crippen LogP) is 2.73. The Bertz CT molecular complexity index is 769. The van der Waals surface area contributed by atoms with Gasteiger partial charge in [0.1, 0.15) is 0 Å². The van der Waals surface area contributed by atoms with E-state index in [9.17, 15) is 4.79 Å². The van der Waals surface area contributed by atoms with Crippen molar-refractivity contribution in [3.8, 4) is 12.3 Å². The Morgan fingerprint density at radius 3 is 2.48 bits per heavy atom. The third-order valence-corrected chi connectivity index (χ3v) is 4.59. The third-order valence-electron chi connectivity index (χ3n) is 4.14. The minimum absolute atomic E-state index is 0.0663. The molecular formula is C19H17ClN2O. The fourth-order valence-corrected chi connectivity index (χ4v) is 3.15. The number of nitrogens with zero attached hydrogens (tertiary/aromatic N) is 1. The first-order valence-electron chi connectivity index (χ1n) is 7.45. The van der Waals surface area contributed by atoms with Crippen molar-refractivity contribution < 1.29 is 4.79 Å². The molecule has 0 saturated carbocycles. The topological polar surface area (TPSA) is 46.3 Å². The van der Waals surface area contributed by atoms with Crippen LogP contribution in [0, 0.1) is 12.3 Å². The van der Waals surface area contributed by atoms with E-state index in [1.54, 1.807) is 11.0 Å². The second-order valence-electron chi connectivity index (χ2n) is 5.70. The number of terminal acetylenes is 1. The molecule has 1 atom stereocenters. The molecule has 1 aliphatic heterocycles. The lowest BCUT2D eigenvalue weighted by molar-refractivity contribution is -0.133. The normalized spacial score (nSPS) is 14.2. The number of halogens is 1. The molecule has 0 fully saturated rings. The van der Waals surface area contributed by atoms with E-state index in [1.165, 1.54) is 11.1 Å². The second-order valence-corrected chi connectivity index (χ2v) is 6.07. The summed E-state index contributed by atoms with van der Waals surface area (Å²) in [7, 11) is 0. The number of rotatable bonds is 3. The number of carbonyl (C=O) groups is 1. The summed E-state index contributed by atoms with van der Waals surface area (Å²) in [5.41, 5.74) is 9.91. The van der Waals surface area contributed by atoms with Gasteiger partial charge in [0.15, 0.2) is 0 Å². The smallest absolute Gasteiger partial charge is 0.240 e. The van der Waals surface area contributed by atoms with Crippen LogP contribution in [0.1, 0.15) is 22.3 Å². The van der Waals surface area contributed by atoms with Gasteiger partial charge in [-0.25, -0.2) is 0 Å². The van der Waals surface area contributed by atoms with E-state index in [4.69, 9.17) is 23.8 Å². The van der Waals surface area contributed by atoms with Crippen LogP contribution < -0.4 is 5.73 Å². The minimum atomic E-state index is -0.630. The van der Waals surface area contributed by atoms with Gasteiger partial charge in [-0.05, 0) is 29.2 Å². The van der Waals surface area contributed by atoms with E-state index in [0.29, 0.717) is 30.1 Å². The van der Waals surface area contributed by atoms with Crippen molar-refractivity contribution >= 4 is 17.5 Å². The molecule has 1 aliphatic rings. The Balaban J connectivity index is 1.71. The number of nitrogens with two attached hydrogens (primary N) is 1. The average Bonchev–Trinajstić information content (AvgIpc) is 3.00. The van der Waals surface area contributed by atoms with Crippen LogP contribution in [0.2, 0.25) is 5.02 Å². The van der Waals surface area contributed by atoms with Gasteiger partial charge in [0.25, 0.3) is 0 Å². The van der Waals surface area contributed by atoms with Gasteiger partial charge in [0, 0.05) is 18.7 Å². The standard InChI is InChI=1S/C19H17ClN2O/c1-2-13-8-5-9-14(18(13)20)10-17(21)19(23)22-11-15-6-3-4-7-16(15)12-22/h1,3-9,17H,10-12,21H2. The summed E-state index contributed by atoms with van der Waals surface area (Å²) >= 11 is 6.27. The Kier molecular flexibility index (Phi) is 4.38. The monoisotopic (exact) mass is 324 g/mol. The highest BCUT2D eigenvalue weighted by atomic mass is 35.5. The summed E-state index contributed by atoms with van der Waals surface area (Å²) in [4.78, 5) is 14.4. The molecule has 1 amide bonds. The lowest BCUT2D eigenvalue weighted by atomic mass is 10.0. The van der Waals surface area contributed by atoms with Gasteiger partial charge in [-0.2, -0.15) is 0 Å². The highest BCUT2D eigenvalue weighted by Crippen LogP contribution is 2.25. The molecule has 3 rings (SSSR count). The Morgan fingerprint density at radius 2 is 1.87 bits per heavy atom.